The van der Waals surface area contributed by atoms with Gasteiger partial charge >= 0.3 is 16.5 Å². The molecule has 0 aliphatic heterocycles. The van der Waals surface area contributed by atoms with Gasteiger partial charge in [0, 0.05) is 36.7 Å². The number of halogens is 9. The molecule has 458 valence electrons. The molecule has 78 heavy (non-hydrogen) atoms. The largest absolute Gasteiger partial charge is 0.748 e. The molecule has 4 heterocycles. The first-order chi connectivity index (χ1) is 34.7. The number of imidazole rings is 3. The summed E-state index contributed by atoms with van der Waals surface area (Å²) in [5.41, 5.74) is -15.7. The highest BCUT2D eigenvalue weighted by Crippen LogP contribution is 2.31. The molecule has 0 spiro atoms. The molecule has 0 bridgehead atoms. The van der Waals surface area contributed by atoms with Crippen LogP contribution in [0.3, 0.4) is 0 Å². The summed E-state index contributed by atoms with van der Waals surface area (Å²) in [6.07, 6.45) is 29.5. The van der Waals surface area contributed by atoms with Crippen molar-refractivity contribution < 1.29 is 121 Å². The van der Waals surface area contributed by atoms with E-state index >= 15 is 0 Å². The molecule has 0 radical (unpaired) electrons. The zero-order chi connectivity index (χ0) is 62.6. The number of pyridine rings is 1. The second-order valence-electron chi connectivity index (χ2n) is 15.3. The predicted molar refractivity (Wildman–Crippen MR) is 265 cm³/mol. The van der Waals surface area contributed by atoms with Crippen LogP contribution in [0.1, 0.15) is 58.9 Å². The van der Waals surface area contributed by atoms with Gasteiger partial charge in [0.05, 0.1) is 81.0 Å². The number of aryl methyl sites for hydroxylation is 8. The summed E-state index contributed by atoms with van der Waals surface area (Å²) >= 11 is 0. The van der Waals surface area contributed by atoms with Crippen LogP contribution in [0.4, 0.5) is 39.5 Å². The summed E-state index contributed by atoms with van der Waals surface area (Å²) in [7, 11) is -29.2. The Bertz CT molecular complexity index is 2960. The third-order valence-corrected chi connectivity index (χ3v) is 14.8. The quantitative estimate of drug-likeness (QED) is 0.0754. The van der Waals surface area contributed by atoms with E-state index in [1.54, 1.807) is 12.4 Å². The van der Waals surface area contributed by atoms with Crippen LogP contribution < -0.4 is 18.3 Å². The van der Waals surface area contributed by atoms with Crippen LogP contribution >= 0.6 is 0 Å². The molecule has 4 aromatic heterocycles. The predicted octanol–water partition coefficient (Wildman–Crippen LogP) is 3.53. The number of sulfonamides is 6. The minimum absolute atomic E-state index is 0.246. The van der Waals surface area contributed by atoms with Crippen molar-refractivity contribution in [3.05, 3.63) is 98.6 Å². The van der Waals surface area contributed by atoms with Gasteiger partial charge in [-0.3, -0.25) is 0 Å². The first kappa shape index (κ1) is 80.1. The Morgan fingerprint density at radius 1 is 0.500 bits per heavy atom. The lowest BCUT2D eigenvalue weighted by molar-refractivity contribution is -0.693. The van der Waals surface area contributed by atoms with Gasteiger partial charge in [-0.2, -0.15) is 39.5 Å². The van der Waals surface area contributed by atoms with E-state index in [2.05, 4.69) is 133 Å². The average molecular weight is 1290 g/mol. The van der Waals surface area contributed by atoms with Crippen molar-refractivity contribution in [1.29, 1.82) is 0 Å². The van der Waals surface area contributed by atoms with Crippen molar-refractivity contribution in [2.24, 2.45) is 21.1 Å². The molecule has 0 aliphatic carbocycles. The van der Waals surface area contributed by atoms with E-state index in [1.165, 1.54) is 37.8 Å². The van der Waals surface area contributed by atoms with Gasteiger partial charge in [0.25, 0.3) is 0 Å². The molecule has 41 heteroatoms. The molecule has 0 aliphatic rings. The summed E-state index contributed by atoms with van der Waals surface area (Å²) < 4.78 is 270. The van der Waals surface area contributed by atoms with Crippen molar-refractivity contribution in [2.75, 3.05) is 25.0 Å². The maximum Gasteiger partial charge on any atom is 0.480 e. The highest BCUT2D eigenvalue weighted by molar-refractivity contribution is 8.13. The first-order valence-electron chi connectivity index (χ1n) is 21.3. The van der Waals surface area contributed by atoms with Crippen molar-refractivity contribution in [3.63, 3.8) is 0 Å². The minimum Gasteiger partial charge on any atom is -0.748 e. The highest BCUT2D eigenvalue weighted by atomic mass is 32.3. The zero-order valence-electron chi connectivity index (χ0n) is 44.0. The fourth-order valence-electron chi connectivity index (χ4n) is 4.24. The molecule has 0 fully saturated rings. The molecular weight excluding hydrogens is 1220 g/mol. The third-order valence-electron chi connectivity index (χ3n) is 7.42. The van der Waals surface area contributed by atoms with Crippen LogP contribution in [0.15, 0.2) is 80.7 Å². The lowest BCUT2D eigenvalue weighted by Crippen LogP contribution is -2.30. The van der Waals surface area contributed by atoms with Gasteiger partial charge in [0.15, 0.2) is 42.5 Å². The van der Waals surface area contributed by atoms with Gasteiger partial charge in [-0.05, 0) is 46.6 Å². The zero-order valence-corrected chi connectivity index (χ0v) is 49.7. The van der Waals surface area contributed by atoms with Crippen LogP contribution in [0, 0.1) is 6.92 Å². The van der Waals surface area contributed by atoms with Crippen molar-refractivity contribution in [3.8, 4) is 0 Å². The molecule has 0 amide bonds. The topological polar surface area (TPSA) is 335 Å². The SMILES string of the molecule is CCCCCCn1cc[n+](C)c1.CC[n+]1cccc(C)c1.CCn1cc[n+](C)c1.CCn1cc[n+](C)c1.CS(=O)(=O)[N-]S(=O)(=O)C(F)(F)F.CS(=O)(=O)[N-]S(=O)(=O)C(F)(F)F.CS(=O)(=O)[N-]S(=O)(=O)C(F)(F)F.CS(=O)(=O)[O-]. The standard InChI is InChI=1S/C10H19N2.C8H12N.2C6H11N2.3C2H3F3NO4S2.CH4O3S/c1-3-4-5-6-7-12-9-8-11(2)10-12;1-3-9-6-4-5-8(2)7-9;2*1-3-8-5-4-7(2)6-8;3*1-11(7,8)6-12(9,10)2(3,4)5;1-5(2,3)4/h8-10H,3-7H2,1-2H3;4-7H,3H2,1-2H3;2*4-6H,3H2,1-2H3;3*1H3;1H3,(H,2,3,4)/q4*+1;3*-1;/p-1. The molecule has 4 aromatic rings. The number of hydrogen-bond donors (Lipinski definition) is 0. The van der Waals surface area contributed by atoms with Crippen LogP contribution in [0.5, 0.6) is 0 Å². The molecule has 0 saturated carbocycles. The number of nitrogens with zero attached hydrogens (tertiary/aromatic N) is 10. The second kappa shape index (κ2) is 34.7. The molecule has 25 nitrogen and oxygen atoms in total. The van der Waals surface area contributed by atoms with Crippen molar-refractivity contribution >= 4 is 70.3 Å². The molecule has 0 aromatic carbocycles. The fraction of sp³-hybridized carbons (Fsp3) is 0.622. The van der Waals surface area contributed by atoms with Crippen LogP contribution in [-0.2, 0) is 118 Å². The Kier molecular flexibility index (Phi) is 35.7. The molecule has 0 atom stereocenters. The minimum atomic E-state index is -5.92. The average Bonchev–Trinajstić information content (AvgIpc) is 3.97. The summed E-state index contributed by atoms with van der Waals surface area (Å²) in [5.74, 6) is 0. The molecular formula is C37H65F9N10O15S7. The summed E-state index contributed by atoms with van der Waals surface area (Å²) in [6.45, 7) is 15.1. The summed E-state index contributed by atoms with van der Waals surface area (Å²) in [6, 6.07) is 4.17. The Labute approximate surface area is 450 Å². The van der Waals surface area contributed by atoms with E-state index in [0.717, 1.165) is 19.6 Å². The monoisotopic (exact) mass is 1280 g/mol. The van der Waals surface area contributed by atoms with E-state index in [1.807, 2.05) is 35.6 Å². The third kappa shape index (κ3) is 44.5. The smallest absolute Gasteiger partial charge is 0.480 e. The molecule has 4 rings (SSSR count). The number of rotatable bonds is 14. The first-order valence-corrected chi connectivity index (χ1v) is 33.0. The lowest BCUT2D eigenvalue weighted by Gasteiger charge is -2.19. The number of hydrogen-bond acceptors (Lipinski definition) is 15. The maximum absolute atomic E-state index is 11.4. The fourth-order valence-corrected chi connectivity index (χ4v) is 9.54. The van der Waals surface area contributed by atoms with Gasteiger partial charge < -0.3 is 16.9 Å². The van der Waals surface area contributed by atoms with Gasteiger partial charge in [-0.1, -0.05) is 19.8 Å². The summed E-state index contributed by atoms with van der Waals surface area (Å²) in [4.78, 5) is 0. The van der Waals surface area contributed by atoms with Gasteiger partial charge in [-0.25, -0.2) is 90.9 Å². The summed E-state index contributed by atoms with van der Waals surface area (Å²) in [5, 5.41) is 0. The Balaban J connectivity index is -0.000000405. The van der Waals surface area contributed by atoms with E-state index < -0.39 is 86.8 Å². The van der Waals surface area contributed by atoms with Crippen LogP contribution in [0.2, 0.25) is 0 Å². The van der Waals surface area contributed by atoms with Gasteiger partial charge in [0.2, 0.25) is 19.0 Å². The van der Waals surface area contributed by atoms with Crippen molar-refractivity contribution in [2.45, 2.75) is 103 Å². The maximum atomic E-state index is 11.4. The Morgan fingerprint density at radius 2 is 0.795 bits per heavy atom. The number of aromatic nitrogens is 7. The Morgan fingerprint density at radius 3 is 0.962 bits per heavy atom. The van der Waals surface area contributed by atoms with E-state index in [9.17, 15) is 90.0 Å². The van der Waals surface area contributed by atoms with Crippen LogP contribution in [-0.4, -0.2) is 119 Å². The van der Waals surface area contributed by atoms with E-state index in [0.29, 0.717) is 6.26 Å². The Hall–Kier alpha value is -4.36. The second-order valence-corrected chi connectivity index (χ2v) is 27.1. The van der Waals surface area contributed by atoms with Gasteiger partial charge in [0.1, 0.15) is 43.7 Å². The molecule has 0 N–H and O–H groups in total. The van der Waals surface area contributed by atoms with E-state index in [-0.39, 0.29) is 18.8 Å². The number of alkyl halides is 9. The van der Waals surface area contributed by atoms with Crippen molar-refractivity contribution in [1.82, 2.24) is 13.7 Å². The normalized spacial score (nSPS) is 12.2. The highest BCUT2D eigenvalue weighted by Gasteiger charge is 2.41. The van der Waals surface area contributed by atoms with Gasteiger partial charge in [-0.15, -0.1) is 0 Å². The molecule has 0 unspecified atom stereocenters. The van der Waals surface area contributed by atoms with E-state index in [4.69, 9.17) is 13.0 Å². The number of unbranched alkanes of at least 4 members (excludes halogenated alkanes) is 3. The van der Waals surface area contributed by atoms with Crippen LogP contribution in [0.25, 0.3) is 12.4 Å². The lowest BCUT2D eigenvalue weighted by atomic mass is 10.2. The molecule has 0 saturated heterocycles.